The molecule has 1 heterocycles. The fourth-order valence-corrected chi connectivity index (χ4v) is 2.68. The van der Waals surface area contributed by atoms with Gasteiger partial charge in [0.2, 0.25) is 5.91 Å². The Bertz CT molecular complexity index is 201. The molecular weight excluding hydrogens is 208 g/mol. The number of hydrogen-bond donors (Lipinski definition) is 0. The summed E-state index contributed by atoms with van der Waals surface area (Å²) in [5.41, 5.74) is 0. The molecule has 1 saturated heterocycles. The first-order chi connectivity index (χ1) is 6.11. The normalized spacial score (nSPS) is 21.1. The highest BCUT2D eigenvalue weighted by molar-refractivity contribution is 8.82. The SMILES string of the molecule is CN1CCN(C)C(=O)SSCC1=O. The summed E-state index contributed by atoms with van der Waals surface area (Å²) in [7, 11) is 5.95. The lowest BCUT2D eigenvalue weighted by molar-refractivity contribution is -0.127. The highest BCUT2D eigenvalue weighted by atomic mass is 33.1. The Morgan fingerprint density at radius 1 is 1.15 bits per heavy atom. The number of rotatable bonds is 0. The van der Waals surface area contributed by atoms with Gasteiger partial charge in [0.1, 0.15) is 0 Å². The van der Waals surface area contributed by atoms with Crippen LogP contribution in [0.4, 0.5) is 4.79 Å². The zero-order valence-corrected chi connectivity index (χ0v) is 9.28. The summed E-state index contributed by atoms with van der Waals surface area (Å²) in [6.45, 7) is 1.22. The minimum atomic E-state index is 0.0214. The second-order valence-corrected chi connectivity index (χ2v) is 5.10. The third-order valence-corrected chi connectivity index (χ3v) is 3.89. The van der Waals surface area contributed by atoms with Gasteiger partial charge < -0.3 is 9.80 Å². The zero-order chi connectivity index (χ0) is 9.84. The molecule has 2 amide bonds. The van der Waals surface area contributed by atoms with E-state index >= 15 is 0 Å². The second-order valence-electron chi connectivity index (χ2n) is 2.85. The fourth-order valence-electron chi connectivity index (χ4n) is 0.820. The third-order valence-electron chi connectivity index (χ3n) is 1.82. The van der Waals surface area contributed by atoms with Crippen LogP contribution >= 0.6 is 21.6 Å². The van der Waals surface area contributed by atoms with Crippen LogP contribution in [-0.4, -0.2) is 53.9 Å². The Labute approximate surface area is 85.4 Å². The summed E-state index contributed by atoms with van der Waals surface area (Å²) >= 11 is 0. The van der Waals surface area contributed by atoms with Crippen LogP contribution in [0.1, 0.15) is 0 Å². The molecule has 0 bridgehead atoms. The lowest BCUT2D eigenvalue weighted by Gasteiger charge is -2.19. The summed E-state index contributed by atoms with van der Waals surface area (Å²) in [5.74, 6) is 0.460. The first-order valence-corrected chi connectivity index (χ1v) is 6.21. The molecule has 74 valence electrons. The molecular formula is C7H12N2O2S2. The van der Waals surface area contributed by atoms with Gasteiger partial charge in [-0.2, -0.15) is 0 Å². The molecule has 0 radical (unpaired) electrons. The molecule has 0 aromatic heterocycles. The second kappa shape index (κ2) is 4.76. The molecule has 13 heavy (non-hydrogen) atoms. The van der Waals surface area contributed by atoms with E-state index in [1.54, 1.807) is 23.9 Å². The van der Waals surface area contributed by atoms with Crippen molar-refractivity contribution in [2.75, 3.05) is 32.9 Å². The highest BCUT2D eigenvalue weighted by Gasteiger charge is 2.17. The molecule has 0 N–H and O–H groups in total. The molecule has 1 aliphatic heterocycles. The molecule has 1 aliphatic rings. The number of nitrogens with zero attached hydrogens (tertiary/aromatic N) is 2. The first-order valence-electron chi connectivity index (χ1n) is 3.90. The molecule has 0 unspecified atom stereocenters. The van der Waals surface area contributed by atoms with Crippen LogP contribution in [0, 0.1) is 0 Å². The number of likely N-dealkylation sites (N-methyl/N-ethyl adjacent to an activating group) is 2. The largest absolute Gasteiger partial charge is 0.343 e. The predicted molar refractivity (Wildman–Crippen MR) is 55.7 cm³/mol. The summed E-state index contributed by atoms with van der Waals surface area (Å²) in [4.78, 5) is 25.9. The number of hydrogen-bond acceptors (Lipinski definition) is 4. The Kier molecular flexibility index (Phi) is 3.92. The van der Waals surface area contributed by atoms with Crippen molar-refractivity contribution in [2.24, 2.45) is 0 Å². The van der Waals surface area contributed by atoms with Crippen LogP contribution in [-0.2, 0) is 4.79 Å². The number of amides is 2. The van der Waals surface area contributed by atoms with E-state index in [1.807, 2.05) is 0 Å². The average molecular weight is 220 g/mol. The van der Waals surface area contributed by atoms with Crippen molar-refractivity contribution >= 4 is 32.7 Å². The maximum atomic E-state index is 11.3. The lowest BCUT2D eigenvalue weighted by atomic mass is 10.5. The predicted octanol–water partition coefficient (Wildman–Crippen LogP) is 0.892. The standard InChI is InChI=1S/C7H12N2O2S2/c1-8-3-4-9(2)7(11)13-12-5-6(8)10/h3-5H2,1-2H3. The Hall–Kier alpha value is -0.360. The van der Waals surface area contributed by atoms with Gasteiger partial charge in [-0.05, 0) is 0 Å². The quantitative estimate of drug-likeness (QED) is 0.569. The van der Waals surface area contributed by atoms with Crippen molar-refractivity contribution in [1.82, 2.24) is 9.80 Å². The van der Waals surface area contributed by atoms with Gasteiger partial charge in [-0.1, -0.05) is 10.8 Å². The van der Waals surface area contributed by atoms with Gasteiger partial charge in [-0.3, -0.25) is 9.59 Å². The smallest absolute Gasteiger partial charge is 0.292 e. The highest BCUT2D eigenvalue weighted by Crippen LogP contribution is 2.25. The fraction of sp³-hybridized carbons (Fsp3) is 0.714. The van der Waals surface area contributed by atoms with Crippen LogP contribution < -0.4 is 0 Å². The summed E-state index contributed by atoms with van der Waals surface area (Å²) < 4.78 is 0. The van der Waals surface area contributed by atoms with Gasteiger partial charge in [0, 0.05) is 38.0 Å². The average Bonchev–Trinajstić information content (AvgIpc) is 2.15. The monoisotopic (exact) mass is 220 g/mol. The molecule has 6 heteroatoms. The molecule has 0 aromatic rings. The minimum Gasteiger partial charge on any atom is -0.343 e. The van der Waals surface area contributed by atoms with Crippen molar-refractivity contribution < 1.29 is 9.59 Å². The topological polar surface area (TPSA) is 40.6 Å². The van der Waals surface area contributed by atoms with E-state index in [9.17, 15) is 9.59 Å². The Balaban J connectivity index is 2.57. The number of carbonyl (C=O) groups is 2. The third kappa shape index (κ3) is 3.11. The van der Waals surface area contributed by atoms with Crippen molar-refractivity contribution in [2.45, 2.75) is 0 Å². The molecule has 0 aromatic carbocycles. The lowest BCUT2D eigenvalue weighted by Crippen LogP contribution is -2.35. The van der Waals surface area contributed by atoms with E-state index in [0.717, 1.165) is 10.8 Å². The van der Waals surface area contributed by atoms with E-state index in [2.05, 4.69) is 0 Å². The van der Waals surface area contributed by atoms with Gasteiger partial charge in [0.25, 0.3) is 5.24 Å². The van der Waals surface area contributed by atoms with E-state index in [-0.39, 0.29) is 11.1 Å². The zero-order valence-electron chi connectivity index (χ0n) is 7.65. The van der Waals surface area contributed by atoms with Crippen LogP contribution in [0.15, 0.2) is 0 Å². The van der Waals surface area contributed by atoms with E-state index in [0.29, 0.717) is 18.8 Å². The maximum Gasteiger partial charge on any atom is 0.292 e. The Morgan fingerprint density at radius 2 is 1.77 bits per heavy atom. The van der Waals surface area contributed by atoms with Crippen LogP contribution in [0.25, 0.3) is 0 Å². The molecule has 0 saturated carbocycles. The number of carbonyl (C=O) groups excluding carboxylic acids is 2. The molecule has 0 atom stereocenters. The summed E-state index contributed by atoms with van der Waals surface area (Å²) in [5, 5.41) is 0.0214. The molecule has 1 rings (SSSR count). The van der Waals surface area contributed by atoms with Crippen molar-refractivity contribution in [3.05, 3.63) is 0 Å². The van der Waals surface area contributed by atoms with Gasteiger partial charge >= 0.3 is 0 Å². The van der Waals surface area contributed by atoms with Crippen LogP contribution in [0.3, 0.4) is 0 Å². The Morgan fingerprint density at radius 3 is 2.46 bits per heavy atom. The van der Waals surface area contributed by atoms with E-state index in [1.165, 1.54) is 10.8 Å². The van der Waals surface area contributed by atoms with Crippen molar-refractivity contribution in [3.8, 4) is 0 Å². The molecule has 1 fully saturated rings. The van der Waals surface area contributed by atoms with Crippen molar-refractivity contribution in [1.29, 1.82) is 0 Å². The van der Waals surface area contributed by atoms with Gasteiger partial charge in [0.15, 0.2) is 0 Å². The van der Waals surface area contributed by atoms with Gasteiger partial charge in [0.05, 0.1) is 5.75 Å². The van der Waals surface area contributed by atoms with Gasteiger partial charge in [-0.25, -0.2) is 0 Å². The minimum absolute atomic E-state index is 0.0214. The maximum absolute atomic E-state index is 11.3. The van der Waals surface area contributed by atoms with Crippen LogP contribution in [0.2, 0.25) is 0 Å². The van der Waals surface area contributed by atoms with Gasteiger partial charge in [-0.15, -0.1) is 0 Å². The summed E-state index contributed by atoms with van der Waals surface area (Å²) in [6, 6.07) is 0. The molecule has 4 nitrogen and oxygen atoms in total. The molecule has 0 spiro atoms. The molecule has 0 aliphatic carbocycles. The first kappa shape index (κ1) is 10.7. The van der Waals surface area contributed by atoms with E-state index in [4.69, 9.17) is 0 Å². The summed E-state index contributed by atoms with van der Waals surface area (Å²) in [6.07, 6.45) is 0. The van der Waals surface area contributed by atoms with Crippen molar-refractivity contribution in [3.63, 3.8) is 0 Å². The van der Waals surface area contributed by atoms with Crippen LogP contribution in [0.5, 0.6) is 0 Å². The van der Waals surface area contributed by atoms with E-state index < -0.39 is 0 Å².